The quantitative estimate of drug-likeness (QED) is 0.651. The predicted molar refractivity (Wildman–Crippen MR) is 61.4 cm³/mol. The zero-order chi connectivity index (χ0) is 11.7. The summed E-state index contributed by atoms with van der Waals surface area (Å²) in [4.78, 5) is 11.5. The SMILES string of the molecule is C#CCC(CC)NC(=O)CCC(C)OC. The van der Waals surface area contributed by atoms with E-state index >= 15 is 0 Å². The van der Waals surface area contributed by atoms with Crippen LogP contribution >= 0.6 is 0 Å². The van der Waals surface area contributed by atoms with Crippen molar-refractivity contribution in [3.8, 4) is 12.3 Å². The van der Waals surface area contributed by atoms with Gasteiger partial charge in [-0.05, 0) is 19.8 Å². The van der Waals surface area contributed by atoms with Crippen LogP contribution in [0.5, 0.6) is 0 Å². The van der Waals surface area contributed by atoms with E-state index in [9.17, 15) is 4.79 Å². The standard InChI is InChI=1S/C12H21NO2/c1-5-7-11(6-2)13-12(14)9-8-10(3)15-4/h1,10-11H,6-9H2,2-4H3,(H,13,14). The van der Waals surface area contributed by atoms with Crippen LogP contribution < -0.4 is 5.32 Å². The smallest absolute Gasteiger partial charge is 0.220 e. The minimum absolute atomic E-state index is 0.0565. The summed E-state index contributed by atoms with van der Waals surface area (Å²) >= 11 is 0. The van der Waals surface area contributed by atoms with Gasteiger partial charge in [-0.15, -0.1) is 12.3 Å². The zero-order valence-electron chi connectivity index (χ0n) is 9.88. The molecule has 0 heterocycles. The summed E-state index contributed by atoms with van der Waals surface area (Å²) < 4.78 is 5.07. The molecule has 2 unspecified atom stereocenters. The lowest BCUT2D eigenvalue weighted by Gasteiger charge is -2.15. The Morgan fingerprint density at radius 1 is 1.60 bits per heavy atom. The molecule has 0 fully saturated rings. The molecule has 0 bridgehead atoms. The van der Waals surface area contributed by atoms with E-state index in [2.05, 4.69) is 11.2 Å². The number of hydrogen-bond donors (Lipinski definition) is 1. The van der Waals surface area contributed by atoms with Crippen LogP contribution in [-0.4, -0.2) is 25.2 Å². The number of nitrogens with one attached hydrogen (secondary N) is 1. The van der Waals surface area contributed by atoms with E-state index in [1.54, 1.807) is 7.11 Å². The molecule has 0 rings (SSSR count). The lowest BCUT2D eigenvalue weighted by Crippen LogP contribution is -2.34. The van der Waals surface area contributed by atoms with E-state index in [0.29, 0.717) is 12.8 Å². The van der Waals surface area contributed by atoms with Gasteiger partial charge in [-0.3, -0.25) is 4.79 Å². The summed E-state index contributed by atoms with van der Waals surface area (Å²) in [5, 5.41) is 2.91. The Morgan fingerprint density at radius 2 is 2.27 bits per heavy atom. The van der Waals surface area contributed by atoms with Crippen LogP contribution in [0.15, 0.2) is 0 Å². The molecule has 1 N–H and O–H groups in total. The van der Waals surface area contributed by atoms with Gasteiger partial charge in [0.2, 0.25) is 5.91 Å². The maximum atomic E-state index is 11.5. The average molecular weight is 211 g/mol. The number of ether oxygens (including phenoxy) is 1. The lowest BCUT2D eigenvalue weighted by molar-refractivity contribution is -0.122. The Labute approximate surface area is 92.6 Å². The van der Waals surface area contributed by atoms with Crippen LogP contribution in [0.4, 0.5) is 0 Å². The molecule has 0 aromatic carbocycles. The van der Waals surface area contributed by atoms with Gasteiger partial charge in [-0.25, -0.2) is 0 Å². The fourth-order valence-electron chi connectivity index (χ4n) is 1.19. The van der Waals surface area contributed by atoms with Crippen LogP contribution in [0.2, 0.25) is 0 Å². The van der Waals surface area contributed by atoms with E-state index < -0.39 is 0 Å². The first-order chi connectivity index (χ1) is 7.13. The molecule has 0 radical (unpaired) electrons. The summed E-state index contributed by atoms with van der Waals surface area (Å²) in [5.74, 6) is 2.62. The molecule has 86 valence electrons. The third kappa shape index (κ3) is 6.98. The first-order valence-electron chi connectivity index (χ1n) is 5.39. The van der Waals surface area contributed by atoms with Gasteiger partial charge in [0, 0.05) is 26.0 Å². The Kier molecular flexibility index (Phi) is 7.75. The van der Waals surface area contributed by atoms with Gasteiger partial charge in [-0.1, -0.05) is 6.92 Å². The molecular formula is C12H21NO2. The molecule has 0 aliphatic carbocycles. The number of carbonyl (C=O) groups excluding carboxylic acids is 1. The first-order valence-corrected chi connectivity index (χ1v) is 5.39. The highest BCUT2D eigenvalue weighted by atomic mass is 16.5. The van der Waals surface area contributed by atoms with Gasteiger partial charge in [0.15, 0.2) is 0 Å². The Morgan fingerprint density at radius 3 is 2.73 bits per heavy atom. The molecule has 1 amide bonds. The van der Waals surface area contributed by atoms with E-state index in [0.717, 1.165) is 12.8 Å². The Balaban J connectivity index is 3.77. The number of terminal acetylenes is 1. The fraction of sp³-hybridized carbons (Fsp3) is 0.750. The molecule has 3 nitrogen and oxygen atoms in total. The van der Waals surface area contributed by atoms with Crippen molar-refractivity contribution < 1.29 is 9.53 Å². The van der Waals surface area contributed by atoms with Crippen molar-refractivity contribution in [2.24, 2.45) is 0 Å². The van der Waals surface area contributed by atoms with Crippen LogP contribution in [0.25, 0.3) is 0 Å². The van der Waals surface area contributed by atoms with Crippen molar-refractivity contribution >= 4 is 5.91 Å². The van der Waals surface area contributed by atoms with Gasteiger partial charge in [-0.2, -0.15) is 0 Å². The van der Waals surface area contributed by atoms with Gasteiger partial charge in [0.25, 0.3) is 0 Å². The van der Waals surface area contributed by atoms with Crippen molar-refractivity contribution in [3.05, 3.63) is 0 Å². The third-order valence-electron chi connectivity index (χ3n) is 2.40. The Bertz CT molecular complexity index is 220. The molecule has 2 atom stereocenters. The van der Waals surface area contributed by atoms with Gasteiger partial charge >= 0.3 is 0 Å². The number of methoxy groups -OCH3 is 1. The second-order valence-corrected chi connectivity index (χ2v) is 3.67. The highest BCUT2D eigenvalue weighted by Gasteiger charge is 2.10. The summed E-state index contributed by atoms with van der Waals surface area (Å²) in [6.45, 7) is 3.96. The first kappa shape index (κ1) is 14.0. The molecule has 3 heteroatoms. The minimum atomic E-state index is 0.0565. The molecule has 0 aliphatic rings. The Hall–Kier alpha value is -1.01. The second-order valence-electron chi connectivity index (χ2n) is 3.67. The monoisotopic (exact) mass is 211 g/mol. The van der Waals surface area contributed by atoms with Gasteiger partial charge in [0.05, 0.1) is 6.10 Å². The summed E-state index contributed by atoms with van der Waals surface area (Å²) in [5.41, 5.74) is 0. The largest absolute Gasteiger partial charge is 0.382 e. The van der Waals surface area contributed by atoms with Crippen LogP contribution in [-0.2, 0) is 9.53 Å². The maximum absolute atomic E-state index is 11.5. The van der Waals surface area contributed by atoms with Crippen molar-refractivity contribution in [2.45, 2.75) is 51.7 Å². The maximum Gasteiger partial charge on any atom is 0.220 e. The summed E-state index contributed by atoms with van der Waals surface area (Å²) in [6, 6.07) is 0.111. The van der Waals surface area contributed by atoms with E-state index in [1.807, 2.05) is 13.8 Å². The van der Waals surface area contributed by atoms with Crippen LogP contribution in [0.1, 0.15) is 39.5 Å². The summed E-state index contributed by atoms with van der Waals surface area (Å²) in [7, 11) is 1.65. The van der Waals surface area contributed by atoms with E-state index in [-0.39, 0.29) is 18.1 Å². The third-order valence-corrected chi connectivity index (χ3v) is 2.40. The molecule has 0 aliphatic heterocycles. The van der Waals surface area contributed by atoms with Gasteiger partial charge in [0.1, 0.15) is 0 Å². The van der Waals surface area contributed by atoms with Crippen molar-refractivity contribution in [2.75, 3.05) is 7.11 Å². The topological polar surface area (TPSA) is 38.3 Å². The van der Waals surface area contributed by atoms with E-state index in [1.165, 1.54) is 0 Å². The average Bonchev–Trinajstić information content (AvgIpc) is 2.25. The summed E-state index contributed by atoms with van der Waals surface area (Å²) in [6.07, 6.45) is 8.04. The van der Waals surface area contributed by atoms with Gasteiger partial charge < -0.3 is 10.1 Å². The highest BCUT2D eigenvalue weighted by Crippen LogP contribution is 2.02. The molecular weight excluding hydrogens is 190 g/mol. The van der Waals surface area contributed by atoms with Crippen LogP contribution in [0, 0.1) is 12.3 Å². The molecule has 0 spiro atoms. The normalized spacial score (nSPS) is 14.0. The van der Waals surface area contributed by atoms with Crippen molar-refractivity contribution in [3.63, 3.8) is 0 Å². The zero-order valence-corrected chi connectivity index (χ0v) is 9.88. The lowest BCUT2D eigenvalue weighted by atomic mass is 10.1. The molecule has 0 saturated heterocycles. The van der Waals surface area contributed by atoms with Crippen molar-refractivity contribution in [1.29, 1.82) is 0 Å². The van der Waals surface area contributed by atoms with Crippen molar-refractivity contribution in [1.82, 2.24) is 5.32 Å². The molecule has 0 aromatic heterocycles. The number of rotatable bonds is 7. The molecule has 0 saturated carbocycles. The number of amides is 1. The molecule has 15 heavy (non-hydrogen) atoms. The minimum Gasteiger partial charge on any atom is -0.382 e. The molecule has 0 aromatic rings. The highest BCUT2D eigenvalue weighted by molar-refractivity contribution is 5.76. The number of carbonyl (C=O) groups is 1. The van der Waals surface area contributed by atoms with E-state index in [4.69, 9.17) is 11.2 Å². The number of hydrogen-bond acceptors (Lipinski definition) is 2. The predicted octanol–water partition coefficient (Wildman–Crippen LogP) is 1.72. The fourth-order valence-corrected chi connectivity index (χ4v) is 1.19. The van der Waals surface area contributed by atoms with Crippen LogP contribution in [0.3, 0.4) is 0 Å². The second kappa shape index (κ2) is 8.31.